The van der Waals surface area contributed by atoms with E-state index in [2.05, 4.69) is 0 Å². The van der Waals surface area contributed by atoms with Crippen LogP contribution in [0.2, 0.25) is 0 Å². The molecule has 0 fully saturated rings. The smallest absolute Gasteiger partial charge is 0.108 e. The van der Waals surface area contributed by atoms with Crippen molar-refractivity contribution < 1.29 is 14.9 Å². The maximum Gasteiger partial charge on any atom is 0.108 e. The third-order valence-electron chi connectivity index (χ3n) is 1.87. The van der Waals surface area contributed by atoms with Crippen LogP contribution in [0, 0.1) is 0 Å². The van der Waals surface area contributed by atoms with Gasteiger partial charge in [-0.3, -0.25) is 0 Å². The van der Waals surface area contributed by atoms with Gasteiger partial charge in [0.25, 0.3) is 0 Å². The maximum atomic E-state index is 9.12. The quantitative estimate of drug-likeness (QED) is 0.496. The lowest BCUT2D eigenvalue weighted by atomic mass is 10.1. The molecule has 0 amide bonds. The SMILES string of the molecule is CCC(O)COOC(C)(C)CC. The fourth-order valence-electron chi connectivity index (χ4n) is 0.449. The van der Waals surface area contributed by atoms with Gasteiger partial charge in [0.1, 0.15) is 6.61 Å². The first-order chi connectivity index (χ1) is 5.52. The lowest BCUT2D eigenvalue weighted by Gasteiger charge is -2.22. The van der Waals surface area contributed by atoms with E-state index in [4.69, 9.17) is 14.9 Å². The zero-order valence-corrected chi connectivity index (χ0v) is 8.46. The summed E-state index contributed by atoms with van der Waals surface area (Å²) in [5.74, 6) is 0. The van der Waals surface area contributed by atoms with Crippen LogP contribution < -0.4 is 0 Å². The molecule has 0 saturated carbocycles. The monoisotopic (exact) mass is 176 g/mol. The van der Waals surface area contributed by atoms with Gasteiger partial charge in [0.2, 0.25) is 0 Å². The first kappa shape index (κ1) is 11.9. The van der Waals surface area contributed by atoms with Crippen LogP contribution in [0.15, 0.2) is 0 Å². The molecule has 0 aliphatic heterocycles. The minimum Gasteiger partial charge on any atom is -0.391 e. The maximum absolute atomic E-state index is 9.12. The van der Waals surface area contributed by atoms with E-state index in [9.17, 15) is 0 Å². The topological polar surface area (TPSA) is 38.7 Å². The molecule has 0 aliphatic rings. The first-order valence-electron chi connectivity index (χ1n) is 4.50. The largest absolute Gasteiger partial charge is 0.391 e. The van der Waals surface area contributed by atoms with Gasteiger partial charge in [0.15, 0.2) is 0 Å². The van der Waals surface area contributed by atoms with E-state index >= 15 is 0 Å². The normalized spacial score (nSPS) is 14.8. The van der Waals surface area contributed by atoms with Crippen molar-refractivity contribution >= 4 is 0 Å². The van der Waals surface area contributed by atoms with E-state index < -0.39 is 6.10 Å². The Labute approximate surface area is 74.6 Å². The van der Waals surface area contributed by atoms with Crippen LogP contribution >= 0.6 is 0 Å². The van der Waals surface area contributed by atoms with E-state index in [1.54, 1.807) is 0 Å². The van der Waals surface area contributed by atoms with E-state index in [1.807, 2.05) is 27.7 Å². The van der Waals surface area contributed by atoms with Gasteiger partial charge < -0.3 is 5.11 Å². The Morgan fingerprint density at radius 1 is 1.33 bits per heavy atom. The molecule has 0 radical (unpaired) electrons. The van der Waals surface area contributed by atoms with Crippen LogP contribution in [0.5, 0.6) is 0 Å². The van der Waals surface area contributed by atoms with Gasteiger partial charge in [-0.2, -0.15) is 0 Å². The summed E-state index contributed by atoms with van der Waals surface area (Å²) in [7, 11) is 0. The Hall–Kier alpha value is -0.120. The molecule has 0 aromatic carbocycles. The third-order valence-corrected chi connectivity index (χ3v) is 1.87. The van der Waals surface area contributed by atoms with Crippen molar-refractivity contribution in [3.63, 3.8) is 0 Å². The molecule has 3 nitrogen and oxygen atoms in total. The third kappa shape index (κ3) is 5.52. The van der Waals surface area contributed by atoms with Gasteiger partial charge in [-0.25, -0.2) is 9.78 Å². The molecular weight excluding hydrogens is 156 g/mol. The zero-order chi connectivity index (χ0) is 9.61. The highest BCUT2D eigenvalue weighted by Crippen LogP contribution is 2.13. The summed E-state index contributed by atoms with van der Waals surface area (Å²) in [6, 6.07) is 0. The van der Waals surface area contributed by atoms with Gasteiger partial charge in [-0.1, -0.05) is 13.8 Å². The number of hydrogen-bond donors (Lipinski definition) is 1. The number of aliphatic hydroxyl groups excluding tert-OH is 1. The van der Waals surface area contributed by atoms with E-state index in [0.717, 1.165) is 6.42 Å². The summed E-state index contributed by atoms with van der Waals surface area (Å²) in [6.45, 7) is 8.08. The van der Waals surface area contributed by atoms with Crippen molar-refractivity contribution in [2.24, 2.45) is 0 Å². The summed E-state index contributed by atoms with van der Waals surface area (Å²) < 4.78 is 0. The van der Waals surface area contributed by atoms with Crippen LogP contribution in [-0.4, -0.2) is 23.4 Å². The van der Waals surface area contributed by atoms with Gasteiger partial charge in [0, 0.05) is 0 Å². The molecule has 0 saturated heterocycles. The number of rotatable bonds is 6. The second-order valence-electron chi connectivity index (χ2n) is 3.54. The average Bonchev–Trinajstić information content (AvgIpc) is 2.04. The Morgan fingerprint density at radius 3 is 2.33 bits per heavy atom. The fourth-order valence-corrected chi connectivity index (χ4v) is 0.449. The van der Waals surface area contributed by atoms with Gasteiger partial charge in [0.05, 0.1) is 11.7 Å². The van der Waals surface area contributed by atoms with Crippen molar-refractivity contribution in [1.29, 1.82) is 0 Å². The minimum atomic E-state index is -0.419. The lowest BCUT2D eigenvalue weighted by Crippen LogP contribution is -2.25. The molecule has 0 heterocycles. The summed E-state index contributed by atoms with van der Waals surface area (Å²) in [4.78, 5) is 9.98. The van der Waals surface area contributed by atoms with E-state index in [0.29, 0.717) is 6.42 Å². The highest BCUT2D eigenvalue weighted by molar-refractivity contribution is 4.62. The molecule has 1 unspecified atom stereocenters. The Kier molecular flexibility index (Phi) is 5.46. The summed E-state index contributed by atoms with van der Waals surface area (Å²) in [5.41, 5.74) is -0.256. The van der Waals surface area contributed by atoms with Crippen LogP contribution in [-0.2, 0) is 9.78 Å². The van der Waals surface area contributed by atoms with Crippen LogP contribution in [0.25, 0.3) is 0 Å². The van der Waals surface area contributed by atoms with Crippen molar-refractivity contribution in [3.05, 3.63) is 0 Å². The number of hydrogen-bond acceptors (Lipinski definition) is 3. The molecule has 74 valence electrons. The molecule has 3 heteroatoms. The summed E-state index contributed by atoms with van der Waals surface area (Å²) >= 11 is 0. The van der Waals surface area contributed by atoms with Crippen molar-refractivity contribution in [2.75, 3.05) is 6.61 Å². The Morgan fingerprint density at radius 2 is 1.92 bits per heavy atom. The molecule has 1 N–H and O–H groups in total. The van der Waals surface area contributed by atoms with Gasteiger partial charge >= 0.3 is 0 Å². The van der Waals surface area contributed by atoms with Crippen LogP contribution in [0.4, 0.5) is 0 Å². The zero-order valence-electron chi connectivity index (χ0n) is 8.46. The summed E-state index contributed by atoms with van der Waals surface area (Å²) in [5, 5.41) is 9.12. The Balaban J connectivity index is 3.42. The van der Waals surface area contributed by atoms with Crippen LogP contribution in [0.3, 0.4) is 0 Å². The number of aliphatic hydroxyl groups is 1. The van der Waals surface area contributed by atoms with E-state index in [1.165, 1.54) is 0 Å². The highest BCUT2D eigenvalue weighted by Gasteiger charge is 2.17. The summed E-state index contributed by atoms with van der Waals surface area (Å²) in [6.07, 6.45) is 1.16. The van der Waals surface area contributed by atoms with Crippen LogP contribution in [0.1, 0.15) is 40.5 Å². The van der Waals surface area contributed by atoms with Gasteiger partial charge in [-0.15, -0.1) is 0 Å². The molecule has 0 spiro atoms. The molecule has 0 bridgehead atoms. The molecule has 0 aromatic rings. The average molecular weight is 176 g/mol. The standard InChI is InChI=1S/C9H20O3/c1-5-8(10)7-11-12-9(3,4)6-2/h8,10H,5-7H2,1-4H3. The molecule has 0 aliphatic carbocycles. The Bertz CT molecular complexity index is 112. The second kappa shape index (κ2) is 5.51. The second-order valence-corrected chi connectivity index (χ2v) is 3.54. The molecule has 0 rings (SSSR count). The van der Waals surface area contributed by atoms with Crippen molar-refractivity contribution in [2.45, 2.75) is 52.2 Å². The van der Waals surface area contributed by atoms with Crippen molar-refractivity contribution in [3.8, 4) is 0 Å². The molecule has 12 heavy (non-hydrogen) atoms. The molecule has 0 aromatic heterocycles. The molecule has 1 atom stereocenters. The fraction of sp³-hybridized carbons (Fsp3) is 1.00. The van der Waals surface area contributed by atoms with Gasteiger partial charge in [-0.05, 0) is 26.7 Å². The highest BCUT2D eigenvalue weighted by atomic mass is 17.2. The minimum absolute atomic E-state index is 0.250. The van der Waals surface area contributed by atoms with Crippen molar-refractivity contribution in [1.82, 2.24) is 0 Å². The lowest BCUT2D eigenvalue weighted by molar-refractivity contribution is -0.360. The van der Waals surface area contributed by atoms with E-state index in [-0.39, 0.29) is 12.2 Å². The molecular formula is C9H20O3. The first-order valence-corrected chi connectivity index (χ1v) is 4.50. The predicted octanol–water partition coefficient (Wildman–Crippen LogP) is 1.89. The predicted molar refractivity (Wildman–Crippen MR) is 47.7 cm³/mol.